The third-order valence-corrected chi connectivity index (χ3v) is 6.91. The molecule has 0 bridgehead atoms. The smallest absolute Gasteiger partial charge is 0.184 e. The van der Waals surface area contributed by atoms with E-state index in [0.717, 1.165) is 25.7 Å². The zero-order valence-corrected chi connectivity index (χ0v) is 18.3. The Morgan fingerprint density at radius 1 is 1.19 bits per heavy atom. The van der Waals surface area contributed by atoms with Crippen molar-refractivity contribution in [2.24, 2.45) is 11.3 Å². The lowest BCUT2D eigenvalue weighted by Gasteiger charge is -2.45. The number of allylic oxidation sites excluding steroid dienone is 1. The van der Waals surface area contributed by atoms with Crippen LogP contribution in [0.5, 0.6) is 0 Å². The minimum Gasteiger partial charge on any atom is -0.410 e. The lowest BCUT2D eigenvalue weighted by atomic mass is 9.64. The summed E-state index contributed by atoms with van der Waals surface area (Å²) >= 11 is 0. The van der Waals surface area contributed by atoms with E-state index in [1.165, 1.54) is 11.1 Å². The minimum absolute atomic E-state index is 0.0490. The highest BCUT2D eigenvalue weighted by molar-refractivity contribution is 6.69. The van der Waals surface area contributed by atoms with Crippen LogP contribution in [-0.2, 0) is 20.6 Å². The Morgan fingerprint density at radius 3 is 2.63 bits per heavy atom. The van der Waals surface area contributed by atoms with Crippen LogP contribution in [0, 0.1) is 11.3 Å². The summed E-state index contributed by atoms with van der Waals surface area (Å²) in [5.41, 5.74) is 2.26. The van der Waals surface area contributed by atoms with Gasteiger partial charge in [0.1, 0.15) is 5.78 Å². The summed E-state index contributed by atoms with van der Waals surface area (Å²) < 4.78 is 12.5. The number of Topliss-reactive ketones (excluding diaryl/α,β-unsaturated/α-hetero) is 1. The number of carbonyl (C=O) groups excluding carboxylic acids is 1. The molecule has 0 heterocycles. The highest BCUT2D eigenvalue weighted by Gasteiger charge is 2.56. The second kappa shape index (κ2) is 8.42. The highest BCUT2D eigenvalue weighted by atomic mass is 28.4. The predicted octanol–water partition coefficient (Wildman–Crippen LogP) is 5.52. The van der Waals surface area contributed by atoms with Crippen LogP contribution in [0.1, 0.15) is 44.6 Å². The number of rotatable bonds is 8. The molecule has 2 aliphatic carbocycles. The van der Waals surface area contributed by atoms with Crippen molar-refractivity contribution in [1.82, 2.24) is 0 Å². The first-order valence-corrected chi connectivity index (χ1v) is 13.7. The minimum atomic E-state index is -1.74. The molecule has 0 N–H and O–H groups in total. The summed E-state index contributed by atoms with van der Waals surface area (Å²) in [6.07, 6.45) is 6.76. The summed E-state index contributed by atoms with van der Waals surface area (Å²) in [6, 6.07) is 10.3. The van der Waals surface area contributed by atoms with Gasteiger partial charge in [0, 0.05) is 13.0 Å². The molecule has 2 aliphatic rings. The van der Waals surface area contributed by atoms with Crippen LogP contribution in [-0.4, -0.2) is 26.8 Å². The zero-order chi connectivity index (χ0) is 19.5. The van der Waals surface area contributed by atoms with Crippen molar-refractivity contribution in [3.05, 3.63) is 47.5 Å². The van der Waals surface area contributed by atoms with E-state index in [9.17, 15) is 4.79 Å². The van der Waals surface area contributed by atoms with Gasteiger partial charge in [0.2, 0.25) is 0 Å². The fraction of sp³-hybridized carbons (Fsp3) is 0.609. The Morgan fingerprint density at radius 2 is 1.93 bits per heavy atom. The second-order valence-electron chi connectivity index (χ2n) is 9.21. The van der Waals surface area contributed by atoms with E-state index in [0.29, 0.717) is 31.3 Å². The molecular weight excluding hydrogens is 352 g/mol. The standard InChI is InChI=1S/C23H34O3Si/c1-18-15-20-11-12-21(24)23(20,22(16-18)26-27(2,3)4)13-8-14-25-17-19-9-6-5-7-10-19/h5-7,9-10,16,20,22H,8,11-15,17H2,1-4H3/t20-,22+,23+/m1/s1. The molecule has 148 valence electrons. The number of hydrogen-bond donors (Lipinski definition) is 0. The zero-order valence-electron chi connectivity index (χ0n) is 17.3. The fourth-order valence-corrected chi connectivity index (χ4v) is 5.84. The molecule has 0 spiro atoms. The quantitative estimate of drug-likeness (QED) is 0.335. The number of hydrogen-bond acceptors (Lipinski definition) is 3. The van der Waals surface area contributed by atoms with Gasteiger partial charge < -0.3 is 9.16 Å². The van der Waals surface area contributed by atoms with E-state index in [4.69, 9.17) is 9.16 Å². The Bertz CT molecular complexity index is 677. The number of fused-ring (bicyclic) bond motifs is 1. The van der Waals surface area contributed by atoms with E-state index >= 15 is 0 Å². The molecule has 3 nitrogen and oxygen atoms in total. The number of ether oxygens (including phenoxy) is 1. The summed E-state index contributed by atoms with van der Waals surface area (Å²) in [4.78, 5) is 13.1. The van der Waals surface area contributed by atoms with Gasteiger partial charge in [-0.25, -0.2) is 0 Å². The van der Waals surface area contributed by atoms with Crippen LogP contribution in [0.25, 0.3) is 0 Å². The largest absolute Gasteiger partial charge is 0.410 e. The van der Waals surface area contributed by atoms with Crippen molar-refractivity contribution < 1.29 is 14.0 Å². The molecule has 0 aromatic heterocycles. The maximum atomic E-state index is 13.1. The van der Waals surface area contributed by atoms with Gasteiger partial charge in [0.25, 0.3) is 0 Å². The molecule has 3 rings (SSSR count). The Kier molecular flexibility index (Phi) is 6.39. The summed E-state index contributed by atoms with van der Waals surface area (Å²) in [5.74, 6) is 0.855. The van der Waals surface area contributed by atoms with Crippen molar-refractivity contribution in [2.45, 2.75) is 71.4 Å². The van der Waals surface area contributed by atoms with Crippen molar-refractivity contribution in [1.29, 1.82) is 0 Å². The topological polar surface area (TPSA) is 35.5 Å². The molecule has 1 aromatic rings. The van der Waals surface area contributed by atoms with Crippen LogP contribution in [0.15, 0.2) is 42.0 Å². The van der Waals surface area contributed by atoms with Gasteiger partial charge in [-0.2, -0.15) is 0 Å². The SMILES string of the molecule is CC1=C[C@H](O[Si](C)(C)C)[C@]2(CCCOCc3ccccc3)C(=O)CC[C@@H]2C1. The first-order valence-electron chi connectivity index (χ1n) is 10.3. The van der Waals surface area contributed by atoms with Gasteiger partial charge in [-0.15, -0.1) is 0 Å². The molecular formula is C23H34O3Si. The van der Waals surface area contributed by atoms with E-state index < -0.39 is 8.32 Å². The van der Waals surface area contributed by atoms with Crippen molar-refractivity contribution in [2.75, 3.05) is 6.61 Å². The molecule has 0 radical (unpaired) electrons. The third kappa shape index (κ3) is 4.79. The highest BCUT2D eigenvalue weighted by Crippen LogP contribution is 2.53. The molecule has 0 unspecified atom stereocenters. The summed E-state index contributed by atoms with van der Waals surface area (Å²) in [5, 5.41) is 0. The van der Waals surface area contributed by atoms with Crippen LogP contribution in [0.3, 0.4) is 0 Å². The first-order chi connectivity index (χ1) is 12.8. The second-order valence-corrected chi connectivity index (χ2v) is 13.7. The van der Waals surface area contributed by atoms with E-state index in [1.807, 2.05) is 18.2 Å². The van der Waals surface area contributed by atoms with Crippen LogP contribution >= 0.6 is 0 Å². The Balaban J connectivity index is 1.65. The lowest BCUT2D eigenvalue weighted by Crippen LogP contribution is -2.50. The Hall–Kier alpha value is -1.23. The molecule has 0 aliphatic heterocycles. The molecule has 1 aromatic carbocycles. The van der Waals surface area contributed by atoms with Gasteiger partial charge >= 0.3 is 0 Å². The molecule has 4 heteroatoms. The van der Waals surface area contributed by atoms with Crippen LogP contribution in [0.2, 0.25) is 19.6 Å². The average molecular weight is 387 g/mol. The Labute approximate surface area is 165 Å². The van der Waals surface area contributed by atoms with Crippen molar-refractivity contribution in [3.8, 4) is 0 Å². The maximum absolute atomic E-state index is 13.1. The third-order valence-electron chi connectivity index (χ3n) is 5.95. The first kappa shape index (κ1) is 20.5. The monoisotopic (exact) mass is 386 g/mol. The normalized spacial score (nSPS) is 28.1. The molecule has 0 amide bonds. The summed E-state index contributed by atoms with van der Waals surface area (Å²) in [7, 11) is -1.74. The fourth-order valence-electron chi connectivity index (χ4n) is 4.80. The van der Waals surface area contributed by atoms with Gasteiger partial charge in [-0.05, 0) is 63.7 Å². The average Bonchev–Trinajstić information content (AvgIpc) is 2.91. The molecule has 0 saturated heterocycles. The molecule has 27 heavy (non-hydrogen) atoms. The summed E-state index contributed by atoms with van der Waals surface area (Å²) in [6.45, 7) is 10.2. The molecule has 1 fully saturated rings. The van der Waals surface area contributed by atoms with Crippen molar-refractivity contribution in [3.63, 3.8) is 0 Å². The van der Waals surface area contributed by atoms with Gasteiger partial charge in [-0.3, -0.25) is 4.79 Å². The van der Waals surface area contributed by atoms with Crippen LogP contribution in [0.4, 0.5) is 0 Å². The van der Waals surface area contributed by atoms with Gasteiger partial charge in [0.15, 0.2) is 8.32 Å². The lowest BCUT2D eigenvalue weighted by molar-refractivity contribution is -0.133. The van der Waals surface area contributed by atoms with E-state index in [2.05, 4.69) is 44.8 Å². The predicted molar refractivity (Wildman–Crippen MR) is 112 cm³/mol. The number of benzene rings is 1. The molecule has 3 atom stereocenters. The van der Waals surface area contributed by atoms with Gasteiger partial charge in [0.05, 0.1) is 18.1 Å². The van der Waals surface area contributed by atoms with E-state index in [-0.39, 0.29) is 11.5 Å². The van der Waals surface area contributed by atoms with Crippen molar-refractivity contribution >= 4 is 14.1 Å². The van der Waals surface area contributed by atoms with Crippen LogP contribution < -0.4 is 0 Å². The maximum Gasteiger partial charge on any atom is 0.184 e. The number of ketones is 1. The number of carbonyl (C=O) groups is 1. The molecule has 1 saturated carbocycles. The van der Waals surface area contributed by atoms with Gasteiger partial charge in [-0.1, -0.05) is 42.0 Å². The van der Waals surface area contributed by atoms with E-state index in [1.54, 1.807) is 0 Å².